The topological polar surface area (TPSA) is 48.0 Å². The van der Waals surface area contributed by atoms with Crippen molar-refractivity contribution in [3.8, 4) is 0 Å². The van der Waals surface area contributed by atoms with E-state index in [1.807, 2.05) is 0 Å². The molecule has 2 rings (SSSR count). The van der Waals surface area contributed by atoms with Gasteiger partial charge in [0, 0.05) is 30.3 Å². The zero-order valence-corrected chi connectivity index (χ0v) is 16.1. The van der Waals surface area contributed by atoms with Crippen molar-refractivity contribution >= 4 is 18.8 Å². The molecule has 0 amide bonds. The van der Waals surface area contributed by atoms with Crippen LogP contribution < -0.4 is 0 Å². The number of hydrogen-bond donors (Lipinski definition) is 1. The van der Waals surface area contributed by atoms with E-state index in [2.05, 4.69) is 38.9 Å². The minimum absolute atomic E-state index is 0.114. The summed E-state index contributed by atoms with van der Waals surface area (Å²) >= 11 is 4.86. The standard InChI is InChI=1S/C17H31NO4S/c1-7-15(5)11-17(12(3)16(6,8-2)18(15)23)21-10-14(22-17)9-20-13(4)19/h12,14,23H,7-11H2,1-6H3. The van der Waals surface area contributed by atoms with Gasteiger partial charge in [-0.25, -0.2) is 4.31 Å². The molecule has 5 unspecified atom stereocenters. The molecule has 5 nitrogen and oxygen atoms in total. The van der Waals surface area contributed by atoms with Gasteiger partial charge >= 0.3 is 5.97 Å². The van der Waals surface area contributed by atoms with Crippen LogP contribution in [0.1, 0.15) is 60.8 Å². The average molecular weight is 346 g/mol. The quantitative estimate of drug-likeness (QED) is 0.626. The number of piperidine rings is 1. The summed E-state index contributed by atoms with van der Waals surface area (Å²) in [6.07, 6.45) is 2.47. The van der Waals surface area contributed by atoms with Crippen LogP contribution in [0.2, 0.25) is 0 Å². The van der Waals surface area contributed by atoms with E-state index in [0.717, 1.165) is 19.3 Å². The molecule has 0 bridgehead atoms. The summed E-state index contributed by atoms with van der Waals surface area (Å²) in [5.74, 6) is -0.774. The first-order valence-corrected chi connectivity index (χ1v) is 8.98. The lowest BCUT2D eigenvalue weighted by molar-refractivity contribution is -0.270. The van der Waals surface area contributed by atoms with Crippen molar-refractivity contribution in [2.45, 2.75) is 83.8 Å². The lowest BCUT2D eigenvalue weighted by Crippen LogP contribution is -2.69. The number of rotatable bonds is 4. The highest BCUT2D eigenvalue weighted by Crippen LogP contribution is 2.54. The van der Waals surface area contributed by atoms with Crippen molar-refractivity contribution in [1.82, 2.24) is 4.31 Å². The van der Waals surface area contributed by atoms with Crippen LogP contribution in [0.4, 0.5) is 0 Å². The molecular weight excluding hydrogens is 314 g/mol. The number of ether oxygens (including phenoxy) is 3. The first-order chi connectivity index (χ1) is 10.6. The average Bonchev–Trinajstić information content (AvgIpc) is 2.93. The first kappa shape index (κ1) is 19.0. The van der Waals surface area contributed by atoms with Crippen LogP contribution in [0, 0.1) is 5.92 Å². The molecule has 2 fully saturated rings. The molecule has 134 valence electrons. The molecule has 5 atom stereocenters. The third-order valence-corrected chi connectivity index (χ3v) is 6.98. The second-order valence-electron chi connectivity index (χ2n) is 7.44. The highest BCUT2D eigenvalue weighted by atomic mass is 32.1. The van der Waals surface area contributed by atoms with Crippen molar-refractivity contribution in [3.63, 3.8) is 0 Å². The number of carbonyl (C=O) groups is 1. The fraction of sp³-hybridized carbons (Fsp3) is 0.941. The molecule has 0 aromatic rings. The van der Waals surface area contributed by atoms with Gasteiger partial charge < -0.3 is 14.2 Å². The summed E-state index contributed by atoms with van der Waals surface area (Å²) < 4.78 is 19.9. The van der Waals surface area contributed by atoms with E-state index in [9.17, 15) is 4.79 Å². The molecule has 0 aromatic carbocycles. The Balaban J connectivity index is 2.26. The second-order valence-corrected chi connectivity index (χ2v) is 7.84. The van der Waals surface area contributed by atoms with Crippen LogP contribution in [0.3, 0.4) is 0 Å². The number of carbonyl (C=O) groups excluding carboxylic acids is 1. The van der Waals surface area contributed by atoms with Crippen LogP contribution in [-0.4, -0.2) is 46.5 Å². The number of thiol groups is 1. The Bertz CT molecular complexity index is 462. The van der Waals surface area contributed by atoms with Gasteiger partial charge in [-0.05, 0) is 26.7 Å². The first-order valence-electron chi connectivity index (χ1n) is 8.58. The lowest BCUT2D eigenvalue weighted by atomic mass is 9.68. The predicted molar refractivity (Wildman–Crippen MR) is 92.2 cm³/mol. The smallest absolute Gasteiger partial charge is 0.302 e. The van der Waals surface area contributed by atoms with Crippen molar-refractivity contribution in [2.24, 2.45) is 5.92 Å². The van der Waals surface area contributed by atoms with Crippen molar-refractivity contribution in [1.29, 1.82) is 0 Å². The van der Waals surface area contributed by atoms with Crippen LogP contribution >= 0.6 is 12.8 Å². The molecule has 0 N–H and O–H groups in total. The summed E-state index contributed by atoms with van der Waals surface area (Å²) in [5.41, 5.74) is -0.251. The molecule has 0 aromatic heterocycles. The highest BCUT2D eigenvalue weighted by Gasteiger charge is 2.62. The normalized spacial score (nSPS) is 44.7. The van der Waals surface area contributed by atoms with Crippen molar-refractivity contribution in [2.75, 3.05) is 13.2 Å². The minimum Gasteiger partial charge on any atom is -0.463 e. The molecule has 2 saturated heterocycles. The summed E-state index contributed by atoms with van der Waals surface area (Å²) in [6.45, 7) is 13.1. The van der Waals surface area contributed by atoms with E-state index < -0.39 is 5.79 Å². The third kappa shape index (κ3) is 3.15. The van der Waals surface area contributed by atoms with Gasteiger partial charge in [0.05, 0.1) is 6.61 Å². The van der Waals surface area contributed by atoms with Crippen LogP contribution in [-0.2, 0) is 19.0 Å². The van der Waals surface area contributed by atoms with E-state index in [1.165, 1.54) is 6.92 Å². The monoisotopic (exact) mass is 345 g/mol. The molecule has 2 aliphatic rings. The maximum atomic E-state index is 11.0. The van der Waals surface area contributed by atoms with Gasteiger partial charge in [0.15, 0.2) is 5.79 Å². The molecule has 2 aliphatic heterocycles. The van der Waals surface area contributed by atoms with Gasteiger partial charge in [-0.1, -0.05) is 33.6 Å². The SMILES string of the molecule is CCC1(C)CC2(OCC(COC(C)=O)O2)C(C)C(C)(CC)N1S. The van der Waals surface area contributed by atoms with Gasteiger partial charge in [0.1, 0.15) is 12.7 Å². The molecule has 1 spiro atoms. The van der Waals surface area contributed by atoms with Crippen LogP contribution in [0.15, 0.2) is 0 Å². The van der Waals surface area contributed by atoms with Gasteiger partial charge in [0.25, 0.3) is 0 Å². The predicted octanol–water partition coefficient (Wildman–Crippen LogP) is 3.19. The Morgan fingerprint density at radius 1 is 1.35 bits per heavy atom. The van der Waals surface area contributed by atoms with Gasteiger partial charge in [-0.2, -0.15) is 0 Å². The molecule has 0 radical (unpaired) electrons. The zero-order valence-electron chi connectivity index (χ0n) is 15.2. The molecule has 2 heterocycles. The number of hydrogen-bond acceptors (Lipinski definition) is 6. The fourth-order valence-corrected chi connectivity index (χ4v) is 4.49. The maximum absolute atomic E-state index is 11.0. The third-order valence-electron chi connectivity index (χ3n) is 6.04. The molecule has 23 heavy (non-hydrogen) atoms. The van der Waals surface area contributed by atoms with E-state index in [0.29, 0.717) is 6.61 Å². The summed E-state index contributed by atoms with van der Waals surface area (Å²) in [6, 6.07) is 0. The van der Waals surface area contributed by atoms with Crippen LogP contribution in [0.5, 0.6) is 0 Å². The van der Waals surface area contributed by atoms with Gasteiger partial charge in [-0.15, -0.1) is 0 Å². The van der Waals surface area contributed by atoms with Gasteiger partial charge in [-0.3, -0.25) is 4.79 Å². The highest BCUT2D eigenvalue weighted by molar-refractivity contribution is 7.77. The number of esters is 1. The lowest BCUT2D eigenvalue weighted by Gasteiger charge is -2.61. The molecule has 0 aliphatic carbocycles. The largest absolute Gasteiger partial charge is 0.463 e. The Kier molecular flexibility index (Phi) is 5.41. The van der Waals surface area contributed by atoms with Crippen LogP contribution in [0.25, 0.3) is 0 Å². The molecule has 6 heteroatoms. The summed E-state index contributed by atoms with van der Waals surface area (Å²) in [7, 11) is 0. The van der Waals surface area contributed by atoms with E-state index >= 15 is 0 Å². The second kappa shape index (κ2) is 6.54. The molecule has 0 saturated carbocycles. The van der Waals surface area contributed by atoms with E-state index in [4.69, 9.17) is 27.0 Å². The Morgan fingerprint density at radius 2 is 2.00 bits per heavy atom. The maximum Gasteiger partial charge on any atom is 0.302 e. The fourth-order valence-electron chi connectivity index (χ4n) is 3.96. The Hall–Kier alpha value is -0.300. The Labute approximate surface area is 145 Å². The van der Waals surface area contributed by atoms with Gasteiger partial charge in [0.2, 0.25) is 0 Å². The van der Waals surface area contributed by atoms with Crippen molar-refractivity contribution < 1.29 is 19.0 Å². The minimum atomic E-state index is -0.639. The van der Waals surface area contributed by atoms with Crippen molar-refractivity contribution in [3.05, 3.63) is 0 Å². The van der Waals surface area contributed by atoms with E-state index in [-0.39, 0.29) is 35.7 Å². The van der Waals surface area contributed by atoms with E-state index in [1.54, 1.807) is 0 Å². The zero-order chi connectivity index (χ0) is 17.5. The molecular formula is C17H31NO4S. The Morgan fingerprint density at radius 3 is 2.52 bits per heavy atom. The number of nitrogens with zero attached hydrogens (tertiary/aromatic N) is 1. The summed E-state index contributed by atoms with van der Waals surface area (Å²) in [4.78, 5) is 11.0. The summed E-state index contributed by atoms with van der Waals surface area (Å²) in [5, 5.41) is 0.